The summed E-state index contributed by atoms with van der Waals surface area (Å²) in [7, 11) is 2.28. The molecule has 0 radical (unpaired) electrons. The van der Waals surface area contributed by atoms with E-state index in [9.17, 15) is 0 Å². The third-order valence-corrected chi connectivity index (χ3v) is 5.24. The van der Waals surface area contributed by atoms with E-state index in [1.165, 1.54) is 63.5 Å². The Balaban J connectivity index is 1.59. The van der Waals surface area contributed by atoms with Crippen molar-refractivity contribution in [2.24, 2.45) is 0 Å². The fraction of sp³-hybridized carbons (Fsp3) is 0.684. The molecule has 1 saturated heterocycles. The Hall–Kier alpha value is -1.02. The highest BCUT2D eigenvalue weighted by atomic mass is 16.5. The minimum atomic E-state index is 0.462. The molecule has 2 aliphatic rings. The Morgan fingerprint density at radius 1 is 1.05 bits per heavy atom. The van der Waals surface area contributed by atoms with E-state index in [0.717, 1.165) is 18.2 Å². The minimum absolute atomic E-state index is 0.462. The van der Waals surface area contributed by atoms with Crippen molar-refractivity contribution in [3.63, 3.8) is 0 Å². The molecule has 21 heavy (non-hydrogen) atoms. The molecule has 2 nitrogen and oxygen atoms in total. The first-order valence-corrected chi connectivity index (χ1v) is 8.78. The van der Waals surface area contributed by atoms with E-state index in [-0.39, 0.29) is 0 Å². The lowest BCUT2D eigenvalue weighted by Gasteiger charge is -2.32. The monoisotopic (exact) mass is 287 g/mol. The van der Waals surface area contributed by atoms with Crippen molar-refractivity contribution < 1.29 is 4.74 Å². The highest BCUT2D eigenvalue weighted by Crippen LogP contribution is 2.28. The van der Waals surface area contributed by atoms with Gasteiger partial charge in [0.2, 0.25) is 0 Å². The summed E-state index contributed by atoms with van der Waals surface area (Å²) in [5.41, 5.74) is 1.41. The van der Waals surface area contributed by atoms with Gasteiger partial charge in [-0.1, -0.05) is 24.6 Å². The van der Waals surface area contributed by atoms with E-state index in [2.05, 4.69) is 36.2 Å². The van der Waals surface area contributed by atoms with Gasteiger partial charge in [0.1, 0.15) is 5.75 Å². The van der Waals surface area contributed by atoms with Gasteiger partial charge in [0.25, 0.3) is 0 Å². The Labute approximate surface area is 129 Å². The van der Waals surface area contributed by atoms with Crippen LogP contribution in [0.2, 0.25) is 0 Å². The van der Waals surface area contributed by atoms with Crippen LogP contribution in [-0.2, 0) is 6.42 Å². The fourth-order valence-corrected chi connectivity index (χ4v) is 3.84. The van der Waals surface area contributed by atoms with E-state index in [1.807, 2.05) is 0 Å². The van der Waals surface area contributed by atoms with Gasteiger partial charge >= 0.3 is 0 Å². The average molecular weight is 287 g/mol. The molecule has 0 aromatic heterocycles. The number of para-hydroxylation sites is 1. The summed E-state index contributed by atoms with van der Waals surface area (Å²) in [4.78, 5) is 2.55. The van der Waals surface area contributed by atoms with Crippen LogP contribution in [-0.4, -0.2) is 30.6 Å². The first-order chi connectivity index (χ1) is 10.3. The minimum Gasteiger partial charge on any atom is -0.490 e. The van der Waals surface area contributed by atoms with Crippen LogP contribution < -0.4 is 4.74 Å². The number of aryl methyl sites for hydroxylation is 1. The Bertz CT molecular complexity index is 439. The third kappa shape index (κ3) is 4.00. The SMILES string of the molecule is CN1CCCCC1CCc1ccccc1OC1CCCC1. The van der Waals surface area contributed by atoms with Crippen LogP contribution in [0, 0.1) is 0 Å². The molecule has 3 rings (SSSR count). The van der Waals surface area contributed by atoms with Crippen LogP contribution in [0.1, 0.15) is 56.9 Å². The predicted octanol–water partition coefficient (Wildman–Crippen LogP) is 4.42. The summed E-state index contributed by atoms with van der Waals surface area (Å²) >= 11 is 0. The Kier molecular flexibility index (Phi) is 5.18. The van der Waals surface area contributed by atoms with E-state index in [0.29, 0.717) is 6.10 Å². The van der Waals surface area contributed by atoms with Crippen molar-refractivity contribution in [3.05, 3.63) is 29.8 Å². The molecule has 116 valence electrons. The normalized spacial score (nSPS) is 24.3. The number of likely N-dealkylation sites (tertiary alicyclic amines) is 1. The highest BCUT2D eigenvalue weighted by molar-refractivity contribution is 5.33. The second-order valence-electron chi connectivity index (χ2n) is 6.80. The maximum atomic E-state index is 6.26. The van der Waals surface area contributed by atoms with Gasteiger partial charge in [0.15, 0.2) is 0 Å². The number of nitrogens with zero attached hydrogens (tertiary/aromatic N) is 1. The van der Waals surface area contributed by atoms with Crippen molar-refractivity contribution in [1.29, 1.82) is 0 Å². The summed E-state index contributed by atoms with van der Waals surface area (Å²) in [6.45, 7) is 1.27. The summed E-state index contributed by atoms with van der Waals surface area (Å²) in [5.74, 6) is 1.14. The van der Waals surface area contributed by atoms with Crippen LogP contribution >= 0.6 is 0 Å². The van der Waals surface area contributed by atoms with Crippen LogP contribution in [0.15, 0.2) is 24.3 Å². The number of hydrogen-bond acceptors (Lipinski definition) is 2. The first-order valence-electron chi connectivity index (χ1n) is 8.78. The maximum absolute atomic E-state index is 6.26. The smallest absolute Gasteiger partial charge is 0.122 e. The Morgan fingerprint density at radius 2 is 1.81 bits per heavy atom. The molecule has 1 atom stereocenters. The zero-order chi connectivity index (χ0) is 14.5. The van der Waals surface area contributed by atoms with Gasteiger partial charge in [-0.2, -0.15) is 0 Å². The molecule has 1 aromatic carbocycles. The molecule has 0 amide bonds. The van der Waals surface area contributed by atoms with Crippen LogP contribution in [0.25, 0.3) is 0 Å². The van der Waals surface area contributed by atoms with Crippen molar-refractivity contribution >= 4 is 0 Å². The number of hydrogen-bond donors (Lipinski definition) is 0. The zero-order valence-corrected chi connectivity index (χ0v) is 13.4. The molecule has 1 aliphatic carbocycles. The van der Waals surface area contributed by atoms with Crippen molar-refractivity contribution in [2.45, 2.75) is 69.9 Å². The Morgan fingerprint density at radius 3 is 2.62 bits per heavy atom. The third-order valence-electron chi connectivity index (χ3n) is 5.24. The second-order valence-corrected chi connectivity index (χ2v) is 6.80. The lowest BCUT2D eigenvalue weighted by molar-refractivity contribution is 0.175. The quantitative estimate of drug-likeness (QED) is 0.794. The molecular formula is C19H29NO. The van der Waals surface area contributed by atoms with Crippen molar-refractivity contribution in [3.8, 4) is 5.75 Å². The van der Waals surface area contributed by atoms with Gasteiger partial charge in [-0.25, -0.2) is 0 Å². The summed E-state index contributed by atoms with van der Waals surface area (Å²) in [5, 5.41) is 0. The van der Waals surface area contributed by atoms with E-state index in [1.54, 1.807) is 0 Å². The van der Waals surface area contributed by atoms with Crippen LogP contribution in [0.5, 0.6) is 5.75 Å². The van der Waals surface area contributed by atoms with Crippen LogP contribution in [0.3, 0.4) is 0 Å². The van der Waals surface area contributed by atoms with Gasteiger partial charge in [0, 0.05) is 6.04 Å². The predicted molar refractivity (Wildman–Crippen MR) is 87.9 cm³/mol. The molecule has 1 heterocycles. The zero-order valence-electron chi connectivity index (χ0n) is 13.4. The highest BCUT2D eigenvalue weighted by Gasteiger charge is 2.20. The number of ether oxygens (including phenoxy) is 1. The van der Waals surface area contributed by atoms with Crippen molar-refractivity contribution in [1.82, 2.24) is 4.90 Å². The standard InChI is InChI=1S/C19H29NO/c1-20-15-7-6-9-17(20)14-13-16-8-2-5-12-19(16)21-18-10-3-4-11-18/h2,5,8,12,17-18H,3-4,6-7,9-11,13-15H2,1H3. The molecule has 2 fully saturated rings. The van der Waals surface area contributed by atoms with Gasteiger partial charge < -0.3 is 9.64 Å². The average Bonchev–Trinajstić information content (AvgIpc) is 3.01. The van der Waals surface area contributed by atoms with Gasteiger partial charge in [0.05, 0.1) is 6.10 Å². The molecule has 0 spiro atoms. The summed E-state index contributed by atoms with van der Waals surface area (Å²) in [6.07, 6.45) is 12.1. The first kappa shape index (κ1) is 14.9. The lowest BCUT2D eigenvalue weighted by atomic mass is 9.96. The molecule has 2 heteroatoms. The molecule has 1 aromatic rings. The van der Waals surface area contributed by atoms with Gasteiger partial charge in [-0.15, -0.1) is 0 Å². The number of rotatable bonds is 5. The summed E-state index contributed by atoms with van der Waals surface area (Å²) in [6, 6.07) is 9.45. The largest absolute Gasteiger partial charge is 0.490 e. The summed E-state index contributed by atoms with van der Waals surface area (Å²) < 4.78 is 6.26. The second kappa shape index (κ2) is 7.31. The molecule has 0 N–H and O–H groups in total. The topological polar surface area (TPSA) is 12.5 Å². The lowest BCUT2D eigenvalue weighted by Crippen LogP contribution is -2.36. The van der Waals surface area contributed by atoms with Gasteiger partial charge in [-0.3, -0.25) is 0 Å². The molecule has 1 aliphatic heterocycles. The van der Waals surface area contributed by atoms with E-state index in [4.69, 9.17) is 4.74 Å². The molecular weight excluding hydrogens is 258 g/mol. The molecule has 1 saturated carbocycles. The van der Waals surface area contributed by atoms with Gasteiger partial charge in [-0.05, 0) is 76.6 Å². The molecule has 0 bridgehead atoms. The van der Waals surface area contributed by atoms with Crippen LogP contribution in [0.4, 0.5) is 0 Å². The van der Waals surface area contributed by atoms with Crippen molar-refractivity contribution in [2.75, 3.05) is 13.6 Å². The number of piperidine rings is 1. The maximum Gasteiger partial charge on any atom is 0.122 e. The van der Waals surface area contributed by atoms with E-state index >= 15 is 0 Å². The fourth-order valence-electron chi connectivity index (χ4n) is 3.84. The number of benzene rings is 1. The van der Waals surface area contributed by atoms with E-state index < -0.39 is 0 Å². The molecule has 1 unspecified atom stereocenters.